The van der Waals surface area contributed by atoms with E-state index in [4.69, 9.17) is 0 Å². The number of aliphatic carboxylic acids is 2. The molecule has 3 aromatic rings. The van der Waals surface area contributed by atoms with Gasteiger partial charge in [-0.3, -0.25) is 29.4 Å². The molecule has 4 unspecified atom stereocenters. The van der Waals surface area contributed by atoms with Gasteiger partial charge in [0.25, 0.3) is 0 Å². The number of carboxylic acid groups (broad SMARTS) is 2. The molecule has 3 N–H and O–H groups in total. The summed E-state index contributed by atoms with van der Waals surface area (Å²) in [6, 6.07) is 25.7. The Morgan fingerprint density at radius 1 is 0.850 bits per heavy atom. The van der Waals surface area contributed by atoms with Crippen molar-refractivity contribution in [1.29, 1.82) is 0 Å². The Kier molecular flexibility index (Phi) is 7.86. The first-order valence-corrected chi connectivity index (χ1v) is 13.9. The topological polar surface area (TPSA) is 124 Å². The van der Waals surface area contributed by atoms with Crippen LogP contribution in [0.15, 0.2) is 89.8 Å². The molecule has 2 aliphatic rings. The van der Waals surface area contributed by atoms with Crippen LogP contribution in [-0.2, 0) is 19.2 Å². The summed E-state index contributed by atoms with van der Waals surface area (Å²) in [6.45, 7) is 0.100. The molecule has 2 heterocycles. The number of nitrogens with one attached hydrogen (secondary N) is 1. The Labute approximate surface area is 235 Å². The van der Waals surface area contributed by atoms with Crippen molar-refractivity contribution in [3.05, 3.63) is 102 Å². The molecule has 0 aliphatic carbocycles. The quantitative estimate of drug-likeness (QED) is 0.193. The van der Waals surface area contributed by atoms with E-state index < -0.39 is 53.6 Å². The van der Waals surface area contributed by atoms with Gasteiger partial charge in [-0.25, -0.2) is 0 Å². The maximum atomic E-state index is 13.7. The predicted molar refractivity (Wildman–Crippen MR) is 151 cm³/mol. The number of carbonyl (C=O) groups is 4. The van der Waals surface area contributed by atoms with Crippen LogP contribution in [0.3, 0.4) is 0 Å². The molecule has 2 saturated heterocycles. The smallest absolute Gasteiger partial charge is 0.325 e. The minimum atomic E-state index is -2.11. The van der Waals surface area contributed by atoms with E-state index in [1.807, 2.05) is 84.9 Å². The molecule has 0 bridgehead atoms. The first kappa shape index (κ1) is 27.4. The molecule has 0 aromatic heterocycles. The second kappa shape index (κ2) is 11.5. The maximum Gasteiger partial charge on any atom is 0.325 e. The molecule has 0 radical (unpaired) electrons. The zero-order valence-electron chi connectivity index (χ0n) is 21.5. The summed E-state index contributed by atoms with van der Waals surface area (Å²) in [5, 5.41) is 22.8. The van der Waals surface area contributed by atoms with Crippen molar-refractivity contribution in [2.75, 3.05) is 12.3 Å². The van der Waals surface area contributed by atoms with Gasteiger partial charge in [-0.05, 0) is 28.8 Å². The Bertz CT molecular complexity index is 1440. The fourth-order valence-corrected chi connectivity index (χ4v) is 6.44. The van der Waals surface area contributed by atoms with Gasteiger partial charge in [0.15, 0.2) is 0 Å². The standard InChI is InChI=1S/C31H28N2O6S/c34-24(35)19-31(30(38)39)26-25(28(36)33(29(26)37)17-18-40-23-9-5-2-6-10-23)27(32-31)22-15-13-21(14-16-22)12-11-20-7-3-1-4-8-20/h1-16,25-27,32H,17-19H2,(H,34,35)(H,38,39)/b12-11+. The molecule has 0 spiro atoms. The number of likely N-dealkylation sites (tertiary alicyclic amines) is 1. The van der Waals surface area contributed by atoms with Gasteiger partial charge < -0.3 is 10.2 Å². The minimum Gasteiger partial charge on any atom is -0.481 e. The number of carbonyl (C=O) groups excluding carboxylic acids is 2. The van der Waals surface area contributed by atoms with E-state index in [2.05, 4.69) is 5.32 Å². The third-order valence-electron chi connectivity index (χ3n) is 7.45. The van der Waals surface area contributed by atoms with E-state index in [0.29, 0.717) is 11.3 Å². The highest BCUT2D eigenvalue weighted by atomic mass is 32.2. The van der Waals surface area contributed by atoms with Gasteiger partial charge in [0.1, 0.15) is 5.54 Å². The molecular weight excluding hydrogens is 528 g/mol. The molecule has 204 valence electrons. The van der Waals surface area contributed by atoms with Crippen LogP contribution in [0, 0.1) is 11.8 Å². The summed E-state index contributed by atoms with van der Waals surface area (Å²) in [6.07, 6.45) is 3.07. The summed E-state index contributed by atoms with van der Waals surface area (Å²) in [5.41, 5.74) is 0.432. The van der Waals surface area contributed by atoms with Gasteiger partial charge in [0, 0.05) is 23.2 Å². The number of benzene rings is 3. The summed E-state index contributed by atoms with van der Waals surface area (Å²) >= 11 is 1.48. The van der Waals surface area contributed by atoms with Crippen LogP contribution >= 0.6 is 11.8 Å². The largest absolute Gasteiger partial charge is 0.481 e. The summed E-state index contributed by atoms with van der Waals surface area (Å²) < 4.78 is 0. The summed E-state index contributed by atoms with van der Waals surface area (Å²) in [7, 11) is 0. The molecule has 2 fully saturated rings. The van der Waals surface area contributed by atoms with Crippen LogP contribution in [0.1, 0.15) is 29.2 Å². The average molecular weight is 557 g/mol. The summed E-state index contributed by atoms with van der Waals surface area (Å²) in [5.74, 6) is -5.90. The number of thioether (sulfide) groups is 1. The van der Waals surface area contributed by atoms with Gasteiger partial charge in [0.05, 0.1) is 18.3 Å². The summed E-state index contributed by atoms with van der Waals surface area (Å²) in [4.78, 5) is 53.7. The third-order valence-corrected chi connectivity index (χ3v) is 8.44. The maximum absolute atomic E-state index is 13.7. The fourth-order valence-electron chi connectivity index (χ4n) is 5.59. The molecule has 8 nitrogen and oxygen atoms in total. The number of hydrogen-bond donors (Lipinski definition) is 3. The lowest BCUT2D eigenvalue weighted by atomic mass is 9.77. The molecule has 4 atom stereocenters. The van der Waals surface area contributed by atoms with Crippen LogP contribution in [0.25, 0.3) is 12.2 Å². The Hall–Kier alpha value is -4.21. The van der Waals surface area contributed by atoms with E-state index in [0.717, 1.165) is 20.9 Å². The number of imide groups is 1. The lowest BCUT2D eigenvalue weighted by molar-refractivity contribution is -0.155. The van der Waals surface area contributed by atoms with Crippen LogP contribution in [0.2, 0.25) is 0 Å². The van der Waals surface area contributed by atoms with Crippen molar-refractivity contribution >= 4 is 47.7 Å². The van der Waals surface area contributed by atoms with Gasteiger partial charge in [0.2, 0.25) is 11.8 Å². The Balaban J connectivity index is 1.42. The molecule has 3 aromatic carbocycles. The highest BCUT2D eigenvalue weighted by Gasteiger charge is 2.68. The highest BCUT2D eigenvalue weighted by Crippen LogP contribution is 2.50. The number of amides is 2. The van der Waals surface area contributed by atoms with Crippen LogP contribution in [-0.4, -0.2) is 56.7 Å². The fraction of sp³-hybridized carbons (Fsp3) is 0.226. The first-order valence-electron chi connectivity index (χ1n) is 12.9. The minimum absolute atomic E-state index is 0.100. The second-order valence-electron chi connectivity index (χ2n) is 9.87. The number of hydrogen-bond acceptors (Lipinski definition) is 6. The SMILES string of the molecule is O=C(O)CC1(C(=O)O)NC(c2ccc(/C=C/c3ccccc3)cc2)C2C(=O)N(CCSc3ccccc3)C(=O)C21. The predicted octanol–water partition coefficient (Wildman–Crippen LogP) is 4.19. The van der Waals surface area contributed by atoms with Crippen molar-refractivity contribution in [3.63, 3.8) is 0 Å². The van der Waals surface area contributed by atoms with E-state index in [1.54, 1.807) is 12.1 Å². The molecular formula is C31H28N2O6S. The molecule has 40 heavy (non-hydrogen) atoms. The molecule has 0 saturated carbocycles. The third kappa shape index (κ3) is 5.30. The number of carboxylic acids is 2. The van der Waals surface area contributed by atoms with Crippen molar-refractivity contribution in [3.8, 4) is 0 Å². The first-order chi connectivity index (χ1) is 19.3. The van der Waals surface area contributed by atoms with Crippen molar-refractivity contribution in [1.82, 2.24) is 10.2 Å². The average Bonchev–Trinajstić information content (AvgIpc) is 3.42. The van der Waals surface area contributed by atoms with Crippen LogP contribution < -0.4 is 5.32 Å². The number of nitrogens with zero attached hydrogens (tertiary/aromatic N) is 1. The van der Waals surface area contributed by atoms with Crippen molar-refractivity contribution in [2.24, 2.45) is 11.8 Å². The lowest BCUT2D eigenvalue weighted by Crippen LogP contribution is -2.57. The van der Waals surface area contributed by atoms with Crippen molar-refractivity contribution < 1.29 is 29.4 Å². The molecule has 5 rings (SSSR count). The van der Waals surface area contributed by atoms with Crippen LogP contribution in [0.5, 0.6) is 0 Å². The zero-order chi connectivity index (χ0) is 28.3. The normalized spacial score (nSPS) is 24.0. The van der Waals surface area contributed by atoms with E-state index in [1.165, 1.54) is 11.8 Å². The second-order valence-corrected chi connectivity index (χ2v) is 11.0. The molecule has 2 aliphatic heterocycles. The van der Waals surface area contributed by atoms with E-state index in [-0.39, 0.29) is 6.54 Å². The van der Waals surface area contributed by atoms with Gasteiger partial charge >= 0.3 is 11.9 Å². The highest BCUT2D eigenvalue weighted by molar-refractivity contribution is 7.99. The van der Waals surface area contributed by atoms with Gasteiger partial charge in [-0.1, -0.05) is 84.9 Å². The van der Waals surface area contributed by atoms with Crippen LogP contribution in [0.4, 0.5) is 0 Å². The Morgan fingerprint density at radius 2 is 1.45 bits per heavy atom. The number of rotatable bonds is 10. The zero-order valence-corrected chi connectivity index (χ0v) is 22.3. The van der Waals surface area contributed by atoms with Gasteiger partial charge in [-0.2, -0.15) is 0 Å². The molecule has 9 heteroatoms. The molecule has 2 amide bonds. The van der Waals surface area contributed by atoms with Gasteiger partial charge in [-0.15, -0.1) is 11.8 Å². The Morgan fingerprint density at radius 3 is 2.05 bits per heavy atom. The number of fused-ring (bicyclic) bond motifs is 1. The van der Waals surface area contributed by atoms with E-state index in [9.17, 15) is 29.4 Å². The van der Waals surface area contributed by atoms with E-state index >= 15 is 0 Å². The van der Waals surface area contributed by atoms with Crippen molar-refractivity contribution in [2.45, 2.75) is 22.9 Å². The monoisotopic (exact) mass is 556 g/mol. The lowest BCUT2D eigenvalue weighted by Gasteiger charge is -2.29.